The van der Waals surface area contributed by atoms with E-state index in [0.717, 1.165) is 12.2 Å². The predicted octanol–water partition coefficient (Wildman–Crippen LogP) is 2.05. The van der Waals surface area contributed by atoms with Gasteiger partial charge in [-0.2, -0.15) is 0 Å². The van der Waals surface area contributed by atoms with Crippen LogP contribution in [0.3, 0.4) is 0 Å². The normalized spacial score (nSPS) is 10.2. The van der Waals surface area contributed by atoms with Gasteiger partial charge in [-0.05, 0) is 35.0 Å². The second-order valence-corrected chi connectivity index (χ2v) is 4.58. The summed E-state index contributed by atoms with van der Waals surface area (Å²) in [5, 5.41) is 2.57. The minimum absolute atomic E-state index is 0.215. The summed E-state index contributed by atoms with van der Waals surface area (Å²) in [6, 6.07) is 7.03. The summed E-state index contributed by atoms with van der Waals surface area (Å²) in [6.07, 6.45) is 1.85. The molecule has 0 bridgehead atoms. The zero-order valence-electron chi connectivity index (χ0n) is 11.3. The highest BCUT2D eigenvalue weighted by Gasteiger charge is 2.07. The fourth-order valence-electron chi connectivity index (χ4n) is 1.26. The van der Waals surface area contributed by atoms with Gasteiger partial charge in [0.25, 0.3) is 5.91 Å². The van der Waals surface area contributed by atoms with Crippen LogP contribution in [-0.4, -0.2) is 31.1 Å². The maximum Gasteiger partial charge on any atom is 0.331 e. The van der Waals surface area contributed by atoms with Gasteiger partial charge in [-0.15, -0.1) is 0 Å². The summed E-state index contributed by atoms with van der Waals surface area (Å²) in [4.78, 5) is 33.8. The molecule has 1 rings (SSSR count). The van der Waals surface area contributed by atoms with E-state index in [1.165, 1.54) is 0 Å². The van der Waals surface area contributed by atoms with Crippen LogP contribution in [0, 0.1) is 0 Å². The van der Waals surface area contributed by atoms with E-state index in [1.54, 1.807) is 31.2 Å². The number of carbonyl (C=O) groups is 3. The minimum Gasteiger partial charge on any atom is -0.463 e. The highest BCUT2D eigenvalue weighted by molar-refractivity contribution is 9.10. The molecule has 21 heavy (non-hydrogen) atoms. The molecule has 0 fully saturated rings. The molecule has 0 aliphatic carbocycles. The third-order valence-electron chi connectivity index (χ3n) is 2.14. The molecule has 1 aromatic rings. The summed E-state index contributed by atoms with van der Waals surface area (Å²) in [6.45, 7) is 1.41. The van der Waals surface area contributed by atoms with E-state index in [2.05, 4.69) is 30.7 Å². The topological polar surface area (TPSA) is 81.7 Å². The molecular weight excluding hydrogens is 342 g/mol. The Bertz CT molecular complexity index is 556. The summed E-state index contributed by atoms with van der Waals surface area (Å²) in [7, 11) is 0. The summed E-state index contributed by atoms with van der Waals surface area (Å²) in [5.74, 6) is -1.93. The predicted molar refractivity (Wildman–Crippen MR) is 79.5 cm³/mol. The molecule has 0 aromatic heterocycles. The van der Waals surface area contributed by atoms with Crippen molar-refractivity contribution in [1.29, 1.82) is 0 Å². The van der Waals surface area contributed by atoms with Crippen molar-refractivity contribution in [3.8, 4) is 0 Å². The molecule has 0 radical (unpaired) electrons. The first-order chi connectivity index (χ1) is 10.0. The van der Waals surface area contributed by atoms with Crippen molar-refractivity contribution < 1.29 is 23.9 Å². The average Bonchev–Trinajstić information content (AvgIpc) is 2.46. The van der Waals surface area contributed by atoms with E-state index in [9.17, 15) is 14.4 Å². The largest absolute Gasteiger partial charge is 0.463 e. The fourth-order valence-corrected chi connectivity index (χ4v) is 1.64. The van der Waals surface area contributed by atoms with Gasteiger partial charge < -0.3 is 14.8 Å². The van der Waals surface area contributed by atoms with Crippen molar-refractivity contribution in [2.45, 2.75) is 6.92 Å². The summed E-state index contributed by atoms with van der Waals surface area (Å²) in [5.41, 5.74) is 0.570. The third-order valence-corrected chi connectivity index (χ3v) is 2.83. The van der Waals surface area contributed by atoms with Crippen molar-refractivity contribution in [3.05, 3.63) is 40.9 Å². The highest BCUT2D eigenvalue weighted by atomic mass is 79.9. The van der Waals surface area contributed by atoms with Gasteiger partial charge in [0.1, 0.15) is 0 Å². The lowest BCUT2D eigenvalue weighted by Crippen LogP contribution is -2.20. The Morgan fingerprint density at radius 2 is 1.76 bits per heavy atom. The van der Waals surface area contributed by atoms with E-state index in [0.29, 0.717) is 10.2 Å². The molecule has 0 saturated carbocycles. The maximum absolute atomic E-state index is 11.6. The van der Waals surface area contributed by atoms with Gasteiger partial charge in [0.2, 0.25) is 0 Å². The molecule has 0 aliphatic heterocycles. The van der Waals surface area contributed by atoms with E-state index >= 15 is 0 Å². The van der Waals surface area contributed by atoms with Gasteiger partial charge in [0, 0.05) is 16.6 Å². The number of halogens is 1. The Morgan fingerprint density at radius 3 is 2.38 bits per heavy atom. The second-order valence-electron chi connectivity index (χ2n) is 3.72. The van der Waals surface area contributed by atoms with Gasteiger partial charge in [0.15, 0.2) is 6.61 Å². The first-order valence-corrected chi connectivity index (χ1v) is 6.88. The van der Waals surface area contributed by atoms with Gasteiger partial charge in [-0.3, -0.25) is 4.79 Å². The van der Waals surface area contributed by atoms with E-state index in [-0.39, 0.29) is 6.61 Å². The zero-order valence-corrected chi connectivity index (χ0v) is 12.9. The summed E-state index contributed by atoms with van der Waals surface area (Å²) < 4.78 is 9.99. The number of rotatable bonds is 6. The van der Waals surface area contributed by atoms with Gasteiger partial charge in [-0.25, -0.2) is 9.59 Å². The van der Waals surface area contributed by atoms with Crippen LogP contribution in [0.4, 0.5) is 5.69 Å². The molecule has 6 nitrogen and oxygen atoms in total. The number of hydrogen-bond donors (Lipinski definition) is 1. The van der Waals surface area contributed by atoms with Crippen molar-refractivity contribution in [3.63, 3.8) is 0 Å². The molecule has 0 atom stereocenters. The van der Waals surface area contributed by atoms with Crippen LogP contribution in [-0.2, 0) is 23.9 Å². The van der Waals surface area contributed by atoms with E-state index in [1.807, 2.05) is 0 Å². The molecule has 0 spiro atoms. The Kier molecular flexibility index (Phi) is 7.17. The quantitative estimate of drug-likeness (QED) is 0.623. The van der Waals surface area contributed by atoms with Crippen molar-refractivity contribution >= 4 is 39.5 Å². The van der Waals surface area contributed by atoms with Gasteiger partial charge in [-0.1, -0.05) is 12.1 Å². The number of para-hydroxylation sites is 1. The van der Waals surface area contributed by atoms with Crippen LogP contribution >= 0.6 is 15.9 Å². The van der Waals surface area contributed by atoms with Gasteiger partial charge in [0.05, 0.1) is 12.3 Å². The number of nitrogens with one attached hydrogen (secondary N) is 1. The van der Waals surface area contributed by atoms with Crippen LogP contribution in [0.25, 0.3) is 0 Å². The third kappa shape index (κ3) is 6.71. The highest BCUT2D eigenvalue weighted by Crippen LogP contribution is 2.20. The molecule has 1 amide bonds. The smallest absolute Gasteiger partial charge is 0.331 e. The SMILES string of the molecule is CCOC(=O)/C=C/C(=O)OCC(=O)Nc1ccccc1Br. The van der Waals surface area contributed by atoms with Crippen LogP contribution < -0.4 is 5.32 Å². The number of esters is 2. The van der Waals surface area contributed by atoms with Crippen molar-refractivity contribution in [2.24, 2.45) is 0 Å². The molecule has 1 aromatic carbocycles. The standard InChI is InChI=1S/C14H14BrNO5/c1-2-20-13(18)7-8-14(19)21-9-12(17)16-11-6-4-3-5-10(11)15/h3-8H,2,9H2,1H3,(H,16,17)/b8-7+. The molecule has 0 aliphatic rings. The van der Waals surface area contributed by atoms with Crippen LogP contribution in [0.15, 0.2) is 40.9 Å². The first-order valence-electron chi connectivity index (χ1n) is 6.09. The maximum atomic E-state index is 11.6. The van der Waals surface area contributed by atoms with E-state index in [4.69, 9.17) is 0 Å². The Labute approximate surface area is 130 Å². The molecule has 0 unspecified atom stereocenters. The second kappa shape index (κ2) is 8.91. The fraction of sp³-hybridized carbons (Fsp3) is 0.214. The van der Waals surface area contributed by atoms with Crippen LogP contribution in [0.5, 0.6) is 0 Å². The van der Waals surface area contributed by atoms with Crippen LogP contribution in [0.1, 0.15) is 6.92 Å². The number of anilines is 1. The Balaban J connectivity index is 2.38. The number of ether oxygens (including phenoxy) is 2. The minimum atomic E-state index is -0.801. The number of carbonyl (C=O) groups excluding carboxylic acids is 3. The molecule has 0 saturated heterocycles. The van der Waals surface area contributed by atoms with Crippen molar-refractivity contribution in [2.75, 3.05) is 18.5 Å². The first kappa shape index (κ1) is 16.9. The number of hydrogen-bond acceptors (Lipinski definition) is 5. The zero-order chi connectivity index (χ0) is 15.7. The van der Waals surface area contributed by atoms with Crippen LogP contribution in [0.2, 0.25) is 0 Å². The average molecular weight is 356 g/mol. The monoisotopic (exact) mass is 355 g/mol. The summed E-state index contributed by atoms with van der Waals surface area (Å²) >= 11 is 3.28. The molecular formula is C14H14BrNO5. The van der Waals surface area contributed by atoms with Gasteiger partial charge >= 0.3 is 11.9 Å². The molecule has 0 heterocycles. The van der Waals surface area contributed by atoms with E-state index < -0.39 is 24.5 Å². The lowest BCUT2D eigenvalue weighted by Gasteiger charge is -2.06. The van der Waals surface area contributed by atoms with Crippen molar-refractivity contribution in [1.82, 2.24) is 0 Å². The lowest BCUT2D eigenvalue weighted by atomic mass is 10.3. The lowest BCUT2D eigenvalue weighted by molar-refractivity contribution is -0.143. The number of benzene rings is 1. The number of amides is 1. The Hall–Kier alpha value is -2.15. The molecule has 112 valence electrons. The Morgan fingerprint density at radius 1 is 1.14 bits per heavy atom. The molecule has 1 N–H and O–H groups in total. The molecule has 7 heteroatoms.